The molecule has 0 atom stereocenters. The first-order valence-corrected chi connectivity index (χ1v) is 5.56. The number of rotatable bonds is 6. The number of H-pyrrole nitrogens is 1. The molecule has 6 nitrogen and oxygen atoms in total. The minimum atomic E-state index is -0.137. The zero-order chi connectivity index (χ0) is 12.7. The number of nitrogens with one attached hydrogen (secondary N) is 2. The van der Waals surface area contributed by atoms with E-state index in [1.807, 2.05) is 0 Å². The minimum Gasteiger partial charge on any atom is -0.355 e. The summed E-state index contributed by atoms with van der Waals surface area (Å²) in [5.41, 5.74) is 0. The van der Waals surface area contributed by atoms with Crippen LogP contribution in [0.3, 0.4) is 0 Å². The fourth-order valence-corrected chi connectivity index (χ4v) is 1.30. The number of nitrogens with zero attached hydrogens (tertiary/aromatic N) is 2. The largest absolute Gasteiger partial charge is 0.355 e. The van der Waals surface area contributed by atoms with Crippen LogP contribution in [-0.2, 0) is 16.0 Å². The number of aromatic nitrogens is 2. The Morgan fingerprint density at radius 3 is 2.88 bits per heavy atom. The highest BCUT2D eigenvalue weighted by Gasteiger charge is 2.07. The van der Waals surface area contributed by atoms with E-state index >= 15 is 0 Å². The van der Waals surface area contributed by atoms with Crippen molar-refractivity contribution in [1.29, 1.82) is 0 Å². The van der Waals surface area contributed by atoms with E-state index in [4.69, 9.17) is 0 Å². The molecule has 0 aliphatic carbocycles. The van der Waals surface area contributed by atoms with Gasteiger partial charge in [0.15, 0.2) is 0 Å². The predicted octanol–water partition coefficient (Wildman–Crippen LogP) is -0.0632. The molecule has 1 aromatic heterocycles. The third-order valence-corrected chi connectivity index (χ3v) is 2.39. The van der Waals surface area contributed by atoms with E-state index in [9.17, 15) is 9.59 Å². The molecular formula is C11H18N4O2. The fraction of sp³-hybridized carbons (Fsp3) is 0.545. The van der Waals surface area contributed by atoms with Crippen LogP contribution in [0.4, 0.5) is 0 Å². The second-order valence-electron chi connectivity index (χ2n) is 3.86. The summed E-state index contributed by atoms with van der Waals surface area (Å²) >= 11 is 0. The summed E-state index contributed by atoms with van der Waals surface area (Å²) in [6.45, 7) is 2.13. The van der Waals surface area contributed by atoms with E-state index in [0.717, 1.165) is 18.7 Å². The normalized spacial score (nSPS) is 10.0. The lowest BCUT2D eigenvalue weighted by Crippen LogP contribution is -2.37. The van der Waals surface area contributed by atoms with Crippen LogP contribution in [0.15, 0.2) is 12.4 Å². The molecule has 6 heteroatoms. The smallest absolute Gasteiger partial charge is 0.239 e. The van der Waals surface area contributed by atoms with Crippen LogP contribution in [0.5, 0.6) is 0 Å². The molecule has 0 fully saturated rings. The lowest BCUT2D eigenvalue weighted by molar-refractivity contribution is -0.133. The number of imidazole rings is 1. The number of aryl methyl sites for hydroxylation is 1. The molecule has 0 bridgehead atoms. The molecule has 0 radical (unpaired) electrons. The first kappa shape index (κ1) is 13.2. The number of hydrogen-bond donors (Lipinski definition) is 2. The maximum Gasteiger partial charge on any atom is 0.239 e. The van der Waals surface area contributed by atoms with Crippen molar-refractivity contribution >= 4 is 11.8 Å². The van der Waals surface area contributed by atoms with E-state index in [1.165, 1.54) is 11.8 Å². The van der Waals surface area contributed by atoms with Crippen LogP contribution in [0.25, 0.3) is 0 Å². The summed E-state index contributed by atoms with van der Waals surface area (Å²) in [6.07, 6.45) is 5.10. The number of likely N-dealkylation sites (N-methyl/N-ethyl adjacent to an activating group) is 1. The van der Waals surface area contributed by atoms with Crippen molar-refractivity contribution in [1.82, 2.24) is 20.2 Å². The molecule has 2 N–H and O–H groups in total. The number of amides is 2. The summed E-state index contributed by atoms with van der Waals surface area (Å²) in [5, 5.41) is 2.76. The minimum absolute atomic E-state index is 0.107. The molecule has 0 aromatic carbocycles. The maximum atomic E-state index is 11.4. The van der Waals surface area contributed by atoms with Crippen molar-refractivity contribution in [2.45, 2.75) is 19.8 Å². The van der Waals surface area contributed by atoms with Gasteiger partial charge in [-0.2, -0.15) is 0 Å². The van der Waals surface area contributed by atoms with Gasteiger partial charge in [-0.25, -0.2) is 4.98 Å². The van der Waals surface area contributed by atoms with E-state index in [-0.39, 0.29) is 18.4 Å². The molecule has 0 unspecified atom stereocenters. The standard InChI is InChI=1S/C11H18N4O2/c1-9(16)15(2)8-11(17)14-5-3-4-10-12-6-7-13-10/h6-7H,3-5,8H2,1-2H3,(H,12,13)(H,14,17). The van der Waals surface area contributed by atoms with Crippen LogP contribution in [0, 0.1) is 0 Å². The summed E-state index contributed by atoms with van der Waals surface area (Å²) < 4.78 is 0. The monoisotopic (exact) mass is 238 g/mol. The second-order valence-corrected chi connectivity index (χ2v) is 3.86. The lowest BCUT2D eigenvalue weighted by atomic mass is 10.3. The van der Waals surface area contributed by atoms with Gasteiger partial charge >= 0.3 is 0 Å². The third-order valence-electron chi connectivity index (χ3n) is 2.39. The van der Waals surface area contributed by atoms with Crippen molar-refractivity contribution in [2.24, 2.45) is 0 Å². The molecule has 0 aliphatic heterocycles. The van der Waals surface area contributed by atoms with Gasteiger partial charge in [0, 0.05) is 39.3 Å². The Morgan fingerprint density at radius 2 is 2.29 bits per heavy atom. The molecule has 2 amide bonds. The predicted molar refractivity (Wildman–Crippen MR) is 63.2 cm³/mol. The number of carbonyl (C=O) groups is 2. The van der Waals surface area contributed by atoms with Gasteiger partial charge in [0.25, 0.3) is 0 Å². The second kappa shape index (κ2) is 6.67. The van der Waals surface area contributed by atoms with Gasteiger partial charge in [-0.15, -0.1) is 0 Å². The van der Waals surface area contributed by atoms with Crippen LogP contribution in [0.1, 0.15) is 19.2 Å². The lowest BCUT2D eigenvalue weighted by Gasteiger charge is -2.14. The zero-order valence-electron chi connectivity index (χ0n) is 10.2. The Kier molecular flexibility index (Phi) is 5.19. The molecular weight excluding hydrogens is 220 g/mol. The van der Waals surface area contributed by atoms with Gasteiger partial charge in [-0.3, -0.25) is 9.59 Å². The van der Waals surface area contributed by atoms with Gasteiger partial charge in [0.05, 0.1) is 6.54 Å². The Bertz CT molecular complexity index is 362. The Balaban J connectivity index is 2.10. The average molecular weight is 238 g/mol. The van der Waals surface area contributed by atoms with E-state index in [1.54, 1.807) is 19.4 Å². The van der Waals surface area contributed by atoms with Gasteiger partial charge in [-0.05, 0) is 6.42 Å². The number of aromatic amines is 1. The molecule has 17 heavy (non-hydrogen) atoms. The van der Waals surface area contributed by atoms with E-state index in [2.05, 4.69) is 15.3 Å². The molecule has 0 spiro atoms. The molecule has 1 aromatic rings. The van der Waals surface area contributed by atoms with Crippen molar-refractivity contribution in [3.8, 4) is 0 Å². The Morgan fingerprint density at radius 1 is 1.53 bits per heavy atom. The molecule has 0 saturated carbocycles. The van der Waals surface area contributed by atoms with Crippen molar-refractivity contribution < 1.29 is 9.59 Å². The van der Waals surface area contributed by atoms with Crippen LogP contribution < -0.4 is 5.32 Å². The van der Waals surface area contributed by atoms with Gasteiger partial charge < -0.3 is 15.2 Å². The Labute approximate surface area is 100 Å². The van der Waals surface area contributed by atoms with Crippen molar-refractivity contribution in [3.63, 3.8) is 0 Å². The zero-order valence-corrected chi connectivity index (χ0v) is 10.2. The highest BCUT2D eigenvalue weighted by Crippen LogP contribution is 1.93. The molecule has 94 valence electrons. The van der Waals surface area contributed by atoms with E-state index < -0.39 is 0 Å². The fourth-order valence-electron chi connectivity index (χ4n) is 1.30. The summed E-state index contributed by atoms with van der Waals surface area (Å²) in [7, 11) is 1.60. The van der Waals surface area contributed by atoms with E-state index in [0.29, 0.717) is 6.54 Å². The summed E-state index contributed by atoms with van der Waals surface area (Å²) in [5.74, 6) is 0.665. The quantitative estimate of drug-likeness (QED) is 0.681. The SMILES string of the molecule is CC(=O)N(C)CC(=O)NCCCc1ncc[nH]1. The van der Waals surface area contributed by atoms with Gasteiger partial charge in [-0.1, -0.05) is 0 Å². The molecule has 0 saturated heterocycles. The van der Waals surface area contributed by atoms with Crippen LogP contribution in [-0.4, -0.2) is 46.8 Å². The van der Waals surface area contributed by atoms with Crippen molar-refractivity contribution in [2.75, 3.05) is 20.1 Å². The Hall–Kier alpha value is -1.85. The first-order valence-electron chi connectivity index (χ1n) is 5.56. The highest BCUT2D eigenvalue weighted by atomic mass is 16.2. The summed E-state index contributed by atoms with van der Waals surface area (Å²) in [4.78, 5) is 30.7. The van der Waals surface area contributed by atoms with Crippen LogP contribution in [0.2, 0.25) is 0 Å². The highest BCUT2D eigenvalue weighted by molar-refractivity contribution is 5.83. The average Bonchev–Trinajstić information content (AvgIpc) is 2.77. The maximum absolute atomic E-state index is 11.4. The molecule has 1 heterocycles. The van der Waals surface area contributed by atoms with Gasteiger partial charge in [0.2, 0.25) is 11.8 Å². The van der Waals surface area contributed by atoms with Gasteiger partial charge in [0.1, 0.15) is 5.82 Å². The summed E-state index contributed by atoms with van der Waals surface area (Å²) in [6, 6.07) is 0. The first-order chi connectivity index (χ1) is 8.09. The number of carbonyl (C=O) groups excluding carboxylic acids is 2. The molecule has 0 aliphatic rings. The van der Waals surface area contributed by atoms with Crippen molar-refractivity contribution in [3.05, 3.63) is 18.2 Å². The molecule has 1 rings (SSSR count). The number of hydrogen-bond acceptors (Lipinski definition) is 3. The topological polar surface area (TPSA) is 78.1 Å². The third kappa shape index (κ3) is 5.14. The van der Waals surface area contributed by atoms with Crippen LogP contribution >= 0.6 is 0 Å².